The van der Waals surface area contributed by atoms with Crippen LogP contribution in [-0.2, 0) is 4.74 Å². The van der Waals surface area contributed by atoms with Gasteiger partial charge < -0.3 is 14.5 Å². The van der Waals surface area contributed by atoms with Crippen molar-refractivity contribution in [2.45, 2.75) is 6.92 Å². The lowest BCUT2D eigenvalue weighted by molar-refractivity contribution is -0.473. The Morgan fingerprint density at radius 2 is 1.60 bits per heavy atom. The highest BCUT2D eigenvalue weighted by Gasteiger charge is 2.10. The molecule has 0 aromatic carbocycles. The van der Waals surface area contributed by atoms with Crippen molar-refractivity contribution in [3.63, 3.8) is 0 Å². The predicted molar refractivity (Wildman–Crippen MR) is 64.2 cm³/mol. The zero-order valence-corrected chi connectivity index (χ0v) is 11.0. The molecule has 4 nitrogen and oxygen atoms in total. The lowest BCUT2D eigenvalue weighted by Crippen LogP contribution is -2.27. The molecule has 0 saturated heterocycles. The fourth-order valence-electron chi connectivity index (χ4n) is 1.22. The standard InChI is InChI=1S/C11H24N3O/c1-8-15-11(14(6)7)9-10(12(2)3)13(4)5/h9H,8H2,1-7H3/q+1. The van der Waals surface area contributed by atoms with E-state index in [4.69, 9.17) is 4.74 Å². The van der Waals surface area contributed by atoms with E-state index in [1.165, 1.54) is 0 Å². The highest BCUT2D eigenvalue weighted by molar-refractivity contribution is 5.83. The zero-order valence-electron chi connectivity index (χ0n) is 11.0. The first kappa shape index (κ1) is 13.8. The molecule has 0 spiro atoms. The van der Waals surface area contributed by atoms with Gasteiger partial charge in [0.15, 0.2) is 0 Å². The monoisotopic (exact) mass is 214 g/mol. The van der Waals surface area contributed by atoms with Gasteiger partial charge in [0.25, 0.3) is 0 Å². The Bertz CT molecular complexity index is 241. The predicted octanol–water partition coefficient (Wildman–Crippen LogP) is 0.658. The Kier molecular flexibility index (Phi) is 5.82. The van der Waals surface area contributed by atoms with Crippen LogP contribution < -0.4 is 0 Å². The van der Waals surface area contributed by atoms with Crippen LogP contribution in [0.4, 0.5) is 0 Å². The Morgan fingerprint density at radius 1 is 1.13 bits per heavy atom. The maximum Gasteiger partial charge on any atom is 0.365 e. The summed E-state index contributed by atoms with van der Waals surface area (Å²) in [4.78, 5) is 4.12. The zero-order chi connectivity index (χ0) is 12.0. The van der Waals surface area contributed by atoms with Gasteiger partial charge in [0.05, 0.1) is 12.7 Å². The van der Waals surface area contributed by atoms with Crippen LogP contribution in [0.3, 0.4) is 0 Å². The molecular weight excluding hydrogens is 190 g/mol. The molecule has 0 aromatic heterocycles. The van der Waals surface area contributed by atoms with E-state index in [2.05, 4.69) is 9.80 Å². The average molecular weight is 214 g/mol. The summed E-state index contributed by atoms with van der Waals surface area (Å²) >= 11 is 0. The Balaban J connectivity index is 5.01. The smallest absolute Gasteiger partial charge is 0.365 e. The largest absolute Gasteiger partial charge is 0.445 e. The number of nitrogens with zero attached hydrogens (tertiary/aromatic N) is 3. The molecular formula is C11H24N3O+. The molecule has 0 aliphatic rings. The van der Waals surface area contributed by atoms with E-state index in [9.17, 15) is 0 Å². The third kappa shape index (κ3) is 4.72. The van der Waals surface area contributed by atoms with E-state index in [1.54, 1.807) is 0 Å². The van der Waals surface area contributed by atoms with Crippen molar-refractivity contribution >= 4 is 5.90 Å². The van der Waals surface area contributed by atoms with E-state index in [0.29, 0.717) is 6.61 Å². The van der Waals surface area contributed by atoms with Gasteiger partial charge in [0.2, 0.25) is 0 Å². The minimum atomic E-state index is 0.679. The average Bonchev–Trinajstić information content (AvgIpc) is 2.10. The van der Waals surface area contributed by atoms with E-state index in [0.717, 1.165) is 11.7 Å². The van der Waals surface area contributed by atoms with Crippen molar-refractivity contribution in [1.82, 2.24) is 9.80 Å². The van der Waals surface area contributed by atoms with Crippen LogP contribution in [0.25, 0.3) is 0 Å². The summed E-state index contributed by atoms with van der Waals surface area (Å²) < 4.78 is 7.52. The third-order valence-corrected chi connectivity index (χ3v) is 1.90. The Morgan fingerprint density at radius 3 is 1.87 bits per heavy atom. The number of rotatable bonds is 4. The van der Waals surface area contributed by atoms with Crippen LogP contribution in [0.5, 0.6) is 0 Å². The second-order valence-electron chi connectivity index (χ2n) is 3.96. The second-order valence-corrected chi connectivity index (χ2v) is 3.96. The first-order valence-corrected chi connectivity index (χ1v) is 5.13. The number of hydrogen-bond acceptors (Lipinski definition) is 3. The molecule has 0 unspecified atom stereocenters. The number of hydrogen-bond donors (Lipinski definition) is 0. The van der Waals surface area contributed by atoms with Crippen LogP contribution in [0.15, 0.2) is 11.9 Å². The molecule has 0 aliphatic heterocycles. The highest BCUT2D eigenvalue weighted by Crippen LogP contribution is 2.02. The molecule has 0 amide bonds. The van der Waals surface area contributed by atoms with E-state index in [-0.39, 0.29) is 0 Å². The van der Waals surface area contributed by atoms with E-state index < -0.39 is 0 Å². The summed E-state index contributed by atoms with van der Waals surface area (Å²) in [6.07, 6.45) is 2.03. The molecule has 0 aromatic rings. The lowest BCUT2D eigenvalue weighted by atomic mass is 10.4. The topological polar surface area (TPSA) is 18.7 Å². The molecule has 0 atom stereocenters. The van der Waals surface area contributed by atoms with Crippen LogP contribution in [-0.4, -0.2) is 69.2 Å². The molecule has 15 heavy (non-hydrogen) atoms. The quantitative estimate of drug-likeness (QED) is 0.389. The van der Waals surface area contributed by atoms with Gasteiger partial charge in [-0.15, -0.1) is 0 Å². The summed E-state index contributed by atoms with van der Waals surface area (Å²) in [5.74, 6) is 1.97. The SMILES string of the molecule is CCOC(C=C(N(C)C)N(C)C)=[N+](C)C. The molecule has 0 rings (SSSR count). The number of ether oxygens (including phenoxy) is 1. The van der Waals surface area contributed by atoms with Gasteiger partial charge in [-0.1, -0.05) is 0 Å². The van der Waals surface area contributed by atoms with E-state index >= 15 is 0 Å². The Labute approximate surface area is 93.4 Å². The summed E-state index contributed by atoms with van der Waals surface area (Å²) in [5, 5.41) is 0. The normalized spacial score (nSPS) is 9.27. The molecule has 0 fully saturated rings. The maximum atomic E-state index is 5.55. The fraction of sp³-hybridized carbons (Fsp3) is 0.727. The summed E-state index contributed by atoms with van der Waals surface area (Å²) in [6.45, 7) is 2.67. The van der Waals surface area contributed by atoms with Crippen molar-refractivity contribution in [2.24, 2.45) is 0 Å². The molecule has 0 aliphatic carbocycles. The lowest BCUT2D eigenvalue weighted by Gasteiger charge is -2.24. The van der Waals surface area contributed by atoms with Crippen molar-refractivity contribution in [3.8, 4) is 0 Å². The summed E-state index contributed by atoms with van der Waals surface area (Å²) in [7, 11) is 12.0. The molecule has 0 bridgehead atoms. The summed E-state index contributed by atoms with van der Waals surface area (Å²) in [6, 6.07) is 0. The summed E-state index contributed by atoms with van der Waals surface area (Å²) in [5.41, 5.74) is 0. The van der Waals surface area contributed by atoms with Crippen molar-refractivity contribution in [3.05, 3.63) is 11.9 Å². The van der Waals surface area contributed by atoms with Gasteiger partial charge in [-0.3, -0.25) is 0 Å². The maximum absolute atomic E-state index is 5.55. The highest BCUT2D eigenvalue weighted by atomic mass is 16.5. The minimum Gasteiger partial charge on any atom is -0.445 e. The molecule has 0 saturated carbocycles. The van der Waals surface area contributed by atoms with Crippen molar-refractivity contribution in [2.75, 3.05) is 48.9 Å². The van der Waals surface area contributed by atoms with Crippen molar-refractivity contribution < 1.29 is 9.31 Å². The first-order chi connectivity index (χ1) is 6.90. The molecule has 4 heteroatoms. The van der Waals surface area contributed by atoms with Crippen LogP contribution in [0.2, 0.25) is 0 Å². The first-order valence-electron chi connectivity index (χ1n) is 5.13. The van der Waals surface area contributed by atoms with Crippen LogP contribution in [0, 0.1) is 0 Å². The van der Waals surface area contributed by atoms with Gasteiger partial charge in [-0.05, 0) is 6.92 Å². The minimum absolute atomic E-state index is 0.679. The van der Waals surface area contributed by atoms with Crippen LogP contribution >= 0.6 is 0 Å². The van der Waals surface area contributed by atoms with Crippen molar-refractivity contribution in [1.29, 1.82) is 0 Å². The molecule has 88 valence electrons. The Hall–Kier alpha value is -1.19. The van der Waals surface area contributed by atoms with Gasteiger partial charge in [-0.2, -0.15) is 0 Å². The molecule has 0 heterocycles. The molecule has 0 radical (unpaired) electrons. The third-order valence-electron chi connectivity index (χ3n) is 1.90. The molecule has 0 N–H and O–H groups in total. The fourth-order valence-corrected chi connectivity index (χ4v) is 1.22. The van der Waals surface area contributed by atoms with Gasteiger partial charge in [-0.25, -0.2) is 4.58 Å². The van der Waals surface area contributed by atoms with Crippen LogP contribution in [0.1, 0.15) is 6.92 Å². The second kappa shape index (κ2) is 6.32. The van der Waals surface area contributed by atoms with Gasteiger partial charge in [0, 0.05) is 28.2 Å². The van der Waals surface area contributed by atoms with Gasteiger partial charge in [0.1, 0.15) is 19.9 Å². The van der Waals surface area contributed by atoms with Gasteiger partial charge >= 0.3 is 5.90 Å². The van der Waals surface area contributed by atoms with E-state index in [1.807, 2.05) is 59.9 Å².